The maximum Gasteiger partial charge on any atom is 0.409 e. The van der Waals surface area contributed by atoms with Gasteiger partial charge < -0.3 is 5.32 Å². The predicted octanol–water partition coefficient (Wildman–Crippen LogP) is 3.07. The van der Waals surface area contributed by atoms with Gasteiger partial charge in [0.15, 0.2) is 0 Å². The van der Waals surface area contributed by atoms with E-state index in [0.29, 0.717) is 23.0 Å². The smallest absolute Gasteiger partial charge is 0.358 e. The fourth-order valence-corrected chi connectivity index (χ4v) is 3.36. The summed E-state index contributed by atoms with van der Waals surface area (Å²) in [5, 5.41) is 6.92. The summed E-state index contributed by atoms with van der Waals surface area (Å²) in [4.78, 5) is 4.23. The normalized spacial score (nSPS) is 18.8. The molecule has 1 N–H and O–H groups in total. The van der Waals surface area contributed by atoms with E-state index in [4.69, 9.17) is 0 Å². The van der Waals surface area contributed by atoms with E-state index in [1.165, 1.54) is 16.4 Å². The van der Waals surface area contributed by atoms with Gasteiger partial charge in [-0.15, -0.1) is 0 Å². The van der Waals surface area contributed by atoms with Crippen molar-refractivity contribution >= 4 is 17.6 Å². The van der Waals surface area contributed by atoms with Gasteiger partial charge in [-0.1, -0.05) is 6.07 Å². The molecule has 0 saturated carbocycles. The van der Waals surface area contributed by atoms with Crippen molar-refractivity contribution in [1.29, 1.82) is 0 Å². The number of nitrogens with one attached hydrogen (secondary N) is 1. The number of halogens is 3. The van der Waals surface area contributed by atoms with Crippen LogP contribution in [0, 0.1) is 0 Å². The number of alkyl halides is 3. The molecule has 0 spiro atoms. The van der Waals surface area contributed by atoms with Crippen molar-refractivity contribution in [3.63, 3.8) is 0 Å². The molecule has 8 heteroatoms. The fourth-order valence-electron chi connectivity index (χ4n) is 2.26. The minimum atomic E-state index is -4.27. The Morgan fingerprint density at radius 1 is 1.38 bits per heavy atom. The summed E-state index contributed by atoms with van der Waals surface area (Å²) in [6, 6.07) is 3.87. The van der Waals surface area contributed by atoms with Gasteiger partial charge in [0.25, 0.3) is 0 Å². The van der Waals surface area contributed by atoms with E-state index in [9.17, 15) is 13.2 Å². The van der Waals surface area contributed by atoms with Crippen molar-refractivity contribution in [1.82, 2.24) is 14.8 Å². The average Bonchev–Trinajstić information content (AvgIpc) is 2.64. The Hall–Kier alpha value is -1.70. The molecule has 0 saturated heterocycles. The molecule has 1 aliphatic rings. The first-order valence-corrected chi connectivity index (χ1v) is 7.50. The second-order valence-electron chi connectivity index (χ2n) is 4.77. The zero-order valence-corrected chi connectivity index (χ0v) is 12.0. The molecule has 21 heavy (non-hydrogen) atoms. The molecule has 1 aliphatic heterocycles. The Bertz CT molecular complexity index is 639. The molecule has 0 amide bonds. The third kappa shape index (κ3) is 2.72. The number of nitrogens with zero attached hydrogens (tertiary/aromatic N) is 3. The topological polar surface area (TPSA) is 42.7 Å². The molecule has 2 aromatic heterocycles. The van der Waals surface area contributed by atoms with Crippen molar-refractivity contribution in [3.8, 4) is 11.4 Å². The van der Waals surface area contributed by atoms with Crippen LogP contribution in [0.15, 0.2) is 24.4 Å². The summed E-state index contributed by atoms with van der Waals surface area (Å²) in [5.41, 5.74) is 2.08. The van der Waals surface area contributed by atoms with Gasteiger partial charge in [0.2, 0.25) is 0 Å². The number of anilines is 1. The van der Waals surface area contributed by atoms with Crippen LogP contribution in [-0.2, 0) is 12.8 Å². The highest BCUT2D eigenvalue weighted by atomic mass is 32.2. The van der Waals surface area contributed by atoms with Crippen LogP contribution in [0.1, 0.15) is 5.56 Å². The number of hydrogen-bond donors (Lipinski definition) is 1. The van der Waals surface area contributed by atoms with E-state index < -0.39 is 12.2 Å². The van der Waals surface area contributed by atoms with E-state index in [2.05, 4.69) is 15.4 Å². The molecule has 1 unspecified atom stereocenters. The Morgan fingerprint density at radius 3 is 2.86 bits per heavy atom. The van der Waals surface area contributed by atoms with E-state index in [0.717, 1.165) is 5.56 Å². The monoisotopic (exact) mass is 314 g/mol. The molecular weight excluding hydrogens is 301 g/mol. The summed E-state index contributed by atoms with van der Waals surface area (Å²) in [6.07, 6.45) is -2.63. The van der Waals surface area contributed by atoms with Crippen LogP contribution in [0.25, 0.3) is 11.4 Å². The number of aromatic nitrogens is 3. The lowest BCUT2D eigenvalue weighted by molar-refractivity contribution is -0.137. The number of thioether (sulfide) groups is 1. The summed E-state index contributed by atoms with van der Waals surface area (Å²) in [6.45, 7) is 0. The SMILES string of the molecule is Cn1nc(-c2ccccn2)c2c1NC(C(F)(F)F)CSC2. The quantitative estimate of drug-likeness (QED) is 0.878. The van der Waals surface area contributed by atoms with Crippen molar-refractivity contribution in [2.24, 2.45) is 7.05 Å². The molecule has 112 valence electrons. The number of pyridine rings is 1. The lowest BCUT2D eigenvalue weighted by Gasteiger charge is -2.20. The van der Waals surface area contributed by atoms with Gasteiger partial charge in [0.1, 0.15) is 17.6 Å². The minimum Gasteiger partial charge on any atom is -0.358 e. The second kappa shape index (κ2) is 5.25. The Morgan fingerprint density at radius 2 is 2.19 bits per heavy atom. The summed E-state index contributed by atoms with van der Waals surface area (Å²) in [5.74, 6) is 0.886. The number of fused-ring (bicyclic) bond motifs is 1. The van der Waals surface area contributed by atoms with Crippen LogP contribution in [0.4, 0.5) is 19.0 Å². The third-order valence-corrected chi connectivity index (χ3v) is 4.35. The van der Waals surface area contributed by atoms with Gasteiger partial charge >= 0.3 is 6.18 Å². The Labute approximate surface area is 123 Å². The lowest BCUT2D eigenvalue weighted by atomic mass is 10.2. The predicted molar refractivity (Wildman–Crippen MR) is 76.1 cm³/mol. The van der Waals surface area contributed by atoms with Crippen LogP contribution < -0.4 is 5.32 Å². The van der Waals surface area contributed by atoms with Gasteiger partial charge in [0, 0.05) is 30.3 Å². The highest BCUT2D eigenvalue weighted by Gasteiger charge is 2.41. The molecule has 0 aliphatic carbocycles. The van der Waals surface area contributed by atoms with Gasteiger partial charge in [-0.05, 0) is 12.1 Å². The summed E-state index contributed by atoms with van der Waals surface area (Å²) in [7, 11) is 1.64. The molecule has 0 fully saturated rings. The molecule has 3 rings (SSSR count). The average molecular weight is 314 g/mol. The number of aryl methyl sites for hydroxylation is 1. The van der Waals surface area contributed by atoms with Crippen LogP contribution >= 0.6 is 11.8 Å². The highest BCUT2D eigenvalue weighted by Crippen LogP contribution is 2.37. The van der Waals surface area contributed by atoms with E-state index in [-0.39, 0.29) is 5.75 Å². The van der Waals surface area contributed by atoms with Crippen molar-refractivity contribution in [2.45, 2.75) is 18.0 Å². The molecule has 0 aromatic carbocycles. The van der Waals surface area contributed by atoms with Gasteiger partial charge in [0.05, 0.1) is 5.69 Å². The van der Waals surface area contributed by atoms with Crippen molar-refractivity contribution in [2.75, 3.05) is 11.1 Å². The number of hydrogen-bond acceptors (Lipinski definition) is 4. The first kappa shape index (κ1) is 14.2. The molecule has 2 aromatic rings. The number of rotatable bonds is 1. The maximum absolute atomic E-state index is 13.0. The molecule has 4 nitrogen and oxygen atoms in total. The lowest BCUT2D eigenvalue weighted by Crippen LogP contribution is -2.38. The largest absolute Gasteiger partial charge is 0.409 e. The van der Waals surface area contributed by atoms with E-state index in [1.54, 1.807) is 25.4 Å². The molecule has 0 radical (unpaired) electrons. The van der Waals surface area contributed by atoms with Crippen LogP contribution in [0.3, 0.4) is 0 Å². The van der Waals surface area contributed by atoms with Crippen molar-refractivity contribution in [3.05, 3.63) is 30.0 Å². The van der Waals surface area contributed by atoms with Crippen LogP contribution in [0.5, 0.6) is 0 Å². The van der Waals surface area contributed by atoms with E-state index >= 15 is 0 Å². The Balaban J connectivity index is 2.03. The standard InChI is InChI=1S/C13H13F3N4S/c1-20-12-8(6-21-7-10(18-12)13(14,15)16)11(19-20)9-4-2-3-5-17-9/h2-5,10,18H,6-7H2,1H3. The molecule has 1 atom stereocenters. The molecular formula is C13H13F3N4S. The zero-order valence-electron chi connectivity index (χ0n) is 11.2. The highest BCUT2D eigenvalue weighted by molar-refractivity contribution is 7.98. The minimum absolute atomic E-state index is 0.0140. The van der Waals surface area contributed by atoms with Gasteiger partial charge in [-0.2, -0.15) is 30.0 Å². The second-order valence-corrected chi connectivity index (χ2v) is 5.80. The fraction of sp³-hybridized carbons (Fsp3) is 0.385. The first-order chi connectivity index (χ1) is 9.97. The van der Waals surface area contributed by atoms with Gasteiger partial charge in [-0.3, -0.25) is 9.67 Å². The van der Waals surface area contributed by atoms with Crippen LogP contribution in [0.2, 0.25) is 0 Å². The third-order valence-electron chi connectivity index (χ3n) is 3.29. The summed E-state index contributed by atoms with van der Waals surface area (Å²) >= 11 is 1.25. The molecule has 3 heterocycles. The van der Waals surface area contributed by atoms with Crippen molar-refractivity contribution < 1.29 is 13.2 Å². The summed E-state index contributed by atoms with van der Waals surface area (Å²) < 4.78 is 40.3. The zero-order chi connectivity index (χ0) is 15.0. The van der Waals surface area contributed by atoms with E-state index in [1.807, 2.05) is 6.07 Å². The molecule has 0 bridgehead atoms. The Kier molecular flexibility index (Phi) is 3.56. The maximum atomic E-state index is 13.0. The van der Waals surface area contributed by atoms with Crippen LogP contribution in [-0.4, -0.2) is 32.7 Å². The van der Waals surface area contributed by atoms with Gasteiger partial charge in [-0.25, -0.2) is 0 Å². The first-order valence-electron chi connectivity index (χ1n) is 6.35.